The van der Waals surface area contributed by atoms with E-state index in [4.69, 9.17) is 4.74 Å². The van der Waals surface area contributed by atoms with Crippen molar-refractivity contribution in [3.05, 3.63) is 29.6 Å². The van der Waals surface area contributed by atoms with Crippen molar-refractivity contribution in [3.8, 4) is 0 Å². The standard InChI is InChI=1S/C15H17N3O4/c19-13(10-3-8-22-9-4-10)17-6-7-18-14(20)11-2-1-5-16-12(11)15(18)21/h1-2,5,10H,3-4,6-9H2,(H,17,19). The van der Waals surface area contributed by atoms with Crippen molar-refractivity contribution < 1.29 is 19.1 Å². The molecule has 7 heteroatoms. The third-order valence-electron chi connectivity index (χ3n) is 3.96. The molecule has 22 heavy (non-hydrogen) atoms. The first-order valence-corrected chi connectivity index (χ1v) is 7.35. The van der Waals surface area contributed by atoms with E-state index in [0.29, 0.717) is 31.6 Å². The van der Waals surface area contributed by atoms with Gasteiger partial charge >= 0.3 is 0 Å². The highest BCUT2D eigenvalue weighted by molar-refractivity contribution is 6.20. The molecule has 3 heterocycles. The van der Waals surface area contributed by atoms with E-state index in [2.05, 4.69) is 10.3 Å². The van der Waals surface area contributed by atoms with Crippen molar-refractivity contribution in [3.63, 3.8) is 0 Å². The molecule has 2 aliphatic rings. The van der Waals surface area contributed by atoms with E-state index in [0.717, 1.165) is 4.90 Å². The quantitative estimate of drug-likeness (QED) is 0.804. The van der Waals surface area contributed by atoms with Crippen LogP contribution in [0.4, 0.5) is 0 Å². The fourth-order valence-electron chi connectivity index (χ4n) is 2.71. The Hall–Kier alpha value is -2.28. The molecule has 0 radical (unpaired) electrons. The Morgan fingerprint density at radius 2 is 2.09 bits per heavy atom. The molecule has 0 bridgehead atoms. The molecule has 0 atom stereocenters. The summed E-state index contributed by atoms with van der Waals surface area (Å²) in [5.74, 6) is -0.843. The van der Waals surface area contributed by atoms with Gasteiger partial charge in [0, 0.05) is 38.4 Å². The molecular weight excluding hydrogens is 286 g/mol. The molecule has 2 aliphatic heterocycles. The van der Waals surface area contributed by atoms with Gasteiger partial charge in [-0.25, -0.2) is 0 Å². The van der Waals surface area contributed by atoms with Gasteiger partial charge in [0.15, 0.2) is 0 Å². The highest BCUT2D eigenvalue weighted by Gasteiger charge is 2.36. The van der Waals surface area contributed by atoms with Gasteiger partial charge in [-0.15, -0.1) is 0 Å². The Kier molecular flexibility index (Phi) is 4.15. The van der Waals surface area contributed by atoms with Crippen molar-refractivity contribution in [1.29, 1.82) is 0 Å². The molecule has 0 unspecified atom stereocenters. The number of nitrogens with zero attached hydrogens (tertiary/aromatic N) is 2. The Bertz CT molecular complexity index is 576. The van der Waals surface area contributed by atoms with E-state index in [1.54, 1.807) is 12.1 Å². The van der Waals surface area contributed by atoms with Crippen molar-refractivity contribution in [2.45, 2.75) is 12.8 Å². The van der Waals surface area contributed by atoms with Crippen LogP contribution in [0, 0.1) is 5.92 Å². The summed E-state index contributed by atoms with van der Waals surface area (Å²) in [6, 6.07) is 3.21. The summed E-state index contributed by atoms with van der Waals surface area (Å²) in [6.45, 7) is 1.61. The summed E-state index contributed by atoms with van der Waals surface area (Å²) in [5, 5.41) is 2.79. The van der Waals surface area contributed by atoms with Gasteiger partial charge in [-0.05, 0) is 25.0 Å². The summed E-state index contributed by atoms with van der Waals surface area (Å²) in [7, 11) is 0. The summed E-state index contributed by atoms with van der Waals surface area (Å²) in [6.07, 6.45) is 2.91. The monoisotopic (exact) mass is 303 g/mol. The first kappa shape index (κ1) is 14.6. The molecule has 0 saturated carbocycles. The molecule has 3 amide bonds. The minimum atomic E-state index is -0.402. The maximum absolute atomic E-state index is 12.1. The number of imide groups is 1. The molecule has 7 nitrogen and oxygen atoms in total. The normalized spacial score (nSPS) is 18.5. The Labute approximate surface area is 127 Å². The number of fused-ring (bicyclic) bond motifs is 1. The molecule has 1 N–H and O–H groups in total. The third-order valence-corrected chi connectivity index (χ3v) is 3.96. The minimum absolute atomic E-state index is 0.0435. The van der Waals surface area contributed by atoms with Gasteiger partial charge in [-0.2, -0.15) is 0 Å². The number of carbonyl (C=O) groups excluding carboxylic acids is 3. The number of carbonyl (C=O) groups is 3. The van der Waals surface area contributed by atoms with Crippen molar-refractivity contribution in [2.24, 2.45) is 5.92 Å². The van der Waals surface area contributed by atoms with Crippen LogP contribution in [0.3, 0.4) is 0 Å². The lowest BCUT2D eigenvalue weighted by Gasteiger charge is -2.21. The van der Waals surface area contributed by atoms with Gasteiger partial charge in [0.2, 0.25) is 5.91 Å². The van der Waals surface area contributed by atoms with Crippen LogP contribution >= 0.6 is 0 Å². The minimum Gasteiger partial charge on any atom is -0.381 e. The number of amides is 3. The molecule has 1 aromatic rings. The van der Waals surface area contributed by atoms with Gasteiger partial charge in [0.1, 0.15) is 5.69 Å². The first-order valence-electron chi connectivity index (χ1n) is 7.35. The van der Waals surface area contributed by atoms with Crippen LogP contribution in [0.15, 0.2) is 18.3 Å². The van der Waals surface area contributed by atoms with Gasteiger partial charge < -0.3 is 10.1 Å². The Morgan fingerprint density at radius 1 is 1.32 bits per heavy atom. The molecule has 1 fully saturated rings. The number of hydrogen-bond acceptors (Lipinski definition) is 5. The molecule has 0 aromatic carbocycles. The van der Waals surface area contributed by atoms with Gasteiger partial charge in [-0.3, -0.25) is 24.3 Å². The topological polar surface area (TPSA) is 88.6 Å². The van der Waals surface area contributed by atoms with Crippen LogP contribution in [0.25, 0.3) is 0 Å². The summed E-state index contributed by atoms with van der Waals surface area (Å²) in [4.78, 5) is 41.3. The maximum atomic E-state index is 12.1. The maximum Gasteiger partial charge on any atom is 0.280 e. The Morgan fingerprint density at radius 3 is 2.82 bits per heavy atom. The zero-order chi connectivity index (χ0) is 15.5. The first-order chi connectivity index (χ1) is 10.7. The van der Waals surface area contributed by atoms with Crippen molar-refractivity contribution >= 4 is 17.7 Å². The van der Waals surface area contributed by atoms with Crippen LogP contribution in [0.2, 0.25) is 0 Å². The van der Waals surface area contributed by atoms with Crippen LogP contribution in [0.5, 0.6) is 0 Å². The smallest absolute Gasteiger partial charge is 0.280 e. The molecule has 1 saturated heterocycles. The number of aromatic nitrogens is 1. The second-order valence-electron chi connectivity index (χ2n) is 5.34. The summed E-state index contributed by atoms with van der Waals surface area (Å²) < 4.78 is 5.22. The van der Waals surface area contributed by atoms with E-state index in [9.17, 15) is 14.4 Å². The number of nitrogens with one attached hydrogen (secondary N) is 1. The fourth-order valence-corrected chi connectivity index (χ4v) is 2.71. The SMILES string of the molecule is O=C(NCCN1C(=O)c2cccnc2C1=O)C1CCOCC1. The van der Waals surface area contributed by atoms with E-state index in [1.807, 2.05) is 0 Å². The molecule has 1 aromatic heterocycles. The third kappa shape index (κ3) is 2.71. The zero-order valence-corrected chi connectivity index (χ0v) is 12.1. The van der Waals surface area contributed by atoms with Crippen LogP contribution in [0.1, 0.15) is 33.7 Å². The Balaban J connectivity index is 1.53. The van der Waals surface area contributed by atoms with E-state index in [-0.39, 0.29) is 36.5 Å². The lowest BCUT2D eigenvalue weighted by Crippen LogP contribution is -2.41. The average Bonchev–Trinajstić information content (AvgIpc) is 2.81. The lowest BCUT2D eigenvalue weighted by atomic mass is 9.99. The fraction of sp³-hybridized carbons (Fsp3) is 0.467. The second-order valence-corrected chi connectivity index (χ2v) is 5.34. The number of ether oxygens (including phenoxy) is 1. The van der Waals surface area contributed by atoms with Gasteiger partial charge in [0.05, 0.1) is 5.56 Å². The number of rotatable bonds is 4. The molecule has 0 spiro atoms. The average molecular weight is 303 g/mol. The highest BCUT2D eigenvalue weighted by Crippen LogP contribution is 2.19. The van der Waals surface area contributed by atoms with Crippen LogP contribution in [-0.4, -0.2) is 53.9 Å². The van der Waals surface area contributed by atoms with Crippen LogP contribution in [-0.2, 0) is 9.53 Å². The number of pyridine rings is 1. The summed E-state index contributed by atoms with van der Waals surface area (Å²) >= 11 is 0. The number of hydrogen-bond donors (Lipinski definition) is 1. The van der Waals surface area contributed by atoms with Crippen LogP contribution < -0.4 is 5.32 Å². The van der Waals surface area contributed by atoms with Crippen molar-refractivity contribution in [1.82, 2.24) is 15.2 Å². The predicted molar refractivity (Wildman–Crippen MR) is 76.2 cm³/mol. The van der Waals surface area contributed by atoms with Crippen molar-refractivity contribution in [2.75, 3.05) is 26.3 Å². The predicted octanol–water partition coefficient (Wildman–Crippen LogP) is 0.220. The van der Waals surface area contributed by atoms with Gasteiger partial charge in [0.25, 0.3) is 11.8 Å². The van der Waals surface area contributed by atoms with E-state index < -0.39 is 5.91 Å². The zero-order valence-electron chi connectivity index (χ0n) is 12.1. The highest BCUT2D eigenvalue weighted by atomic mass is 16.5. The molecule has 3 rings (SSSR count). The van der Waals surface area contributed by atoms with E-state index >= 15 is 0 Å². The summed E-state index contributed by atoms with van der Waals surface area (Å²) in [5.41, 5.74) is 0.506. The molecule has 0 aliphatic carbocycles. The van der Waals surface area contributed by atoms with Gasteiger partial charge in [-0.1, -0.05) is 0 Å². The second kappa shape index (κ2) is 6.23. The van der Waals surface area contributed by atoms with E-state index in [1.165, 1.54) is 6.20 Å². The molecule has 116 valence electrons. The lowest BCUT2D eigenvalue weighted by molar-refractivity contribution is -0.127. The largest absolute Gasteiger partial charge is 0.381 e. The molecular formula is C15H17N3O4.